The summed E-state index contributed by atoms with van der Waals surface area (Å²) in [6, 6.07) is 13.2. The van der Waals surface area contributed by atoms with Crippen molar-refractivity contribution in [2.24, 2.45) is 0 Å². The molecule has 0 saturated heterocycles. The van der Waals surface area contributed by atoms with E-state index in [0.29, 0.717) is 27.3 Å². The topological polar surface area (TPSA) is 80.2 Å². The fraction of sp³-hybridized carbons (Fsp3) is 0.105. The van der Waals surface area contributed by atoms with Crippen molar-refractivity contribution in [2.45, 2.75) is 13.5 Å². The smallest absolute Gasteiger partial charge is 0.244 e. The van der Waals surface area contributed by atoms with Gasteiger partial charge < -0.3 is 15.2 Å². The van der Waals surface area contributed by atoms with Crippen LogP contribution < -0.4 is 16.1 Å². The van der Waals surface area contributed by atoms with Gasteiger partial charge in [0.2, 0.25) is 11.8 Å². The molecule has 0 fully saturated rings. The predicted molar refractivity (Wildman–Crippen MR) is 103 cm³/mol. The van der Waals surface area contributed by atoms with Crippen molar-refractivity contribution in [1.82, 2.24) is 4.57 Å². The van der Waals surface area contributed by atoms with Gasteiger partial charge in [0, 0.05) is 41.0 Å². The Balaban J connectivity index is 1.82. The second-order valence-electron chi connectivity index (χ2n) is 5.78. The number of aromatic nitrogens is 1. The number of amides is 2. The number of rotatable bonds is 4. The van der Waals surface area contributed by atoms with Gasteiger partial charge in [-0.05, 0) is 36.4 Å². The second-order valence-corrected chi connectivity index (χ2v) is 6.22. The third-order valence-electron chi connectivity index (χ3n) is 3.72. The second kappa shape index (κ2) is 7.41. The molecule has 7 heteroatoms. The zero-order valence-corrected chi connectivity index (χ0v) is 14.7. The molecule has 2 amide bonds. The molecular weight excluding hydrogens is 354 g/mol. The number of carbonyl (C=O) groups excluding carboxylic acids is 2. The van der Waals surface area contributed by atoms with Gasteiger partial charge in [-0.3, -0.25) is 14.4 Å². The summed E-state index contributed by atoms with van der Waals surface area (Å²) in [4.78, 5) is 35.5. The molecule has 0 bridgehead atoms. The number of hydrogen-bond donors (Lipinski definition) is 2. The Kier molecular flexibility index (Phi) is 5.04. The van der Waals surface area contributed by atoms with Crippen molar-refractivity contribution in [3.63, 3.8) is 0 Å². The quantitative estimate of drug-likeness (QED) is 0.740. The first kappa shape index (κ1) is 17.7. The minimum absolute atomic E-state index is 0.0154. The molecule has 26 heavy (non-hydrogen) atoms. The molecule has 0 aliphatic carbocycles. The molecule has 3 rings (SSSR count). The lowest BCUT2D eigenvalue weighted by molar-refractivity contribution is -0.116. The van der Waals surface area contributed by atoms with E-state index < -0.39 is 0 Å². The van der Waals surface area contributed by atoms with Crippen LogP contribution in [0.15, 0.2) is 59.5 Å². The number of carbonyl (C=O) groups is 2. The zero-order chi connectivity index (χ0) is 18.7. The predicted octanol–water partition coefficient (Wildman–Crippen LogP) is 3.25. The minimum atomic E-state index is -0.269. The minimum Gasteiger partial charge on any atom is -0.338 e. The summed E-state index contributed by atoms with van der Waals surface area (Å²) >= 11 is 6.02. The first-order valence-electron chi connectivity index (χ1n) is 7.88. The first-order valence-corrected chi connectivity index (χ1v) is 8.26. The number of fused-ring (bicyclic) bond motifs is 1. The normalized spacial score (nSPS) is 10.5. The highest BCUT2D eigenvalue weighted by atomic mass is 35.5. The molecule has 0 saturated carbocycles. The molecule has 3 aromatic rings. The Morgan fingerprint density at radius 2 is 1.77 bits per heavy atom. The summed E-state index contributed by atoms with van der Waals surface area (Å²) < 4.78 is 1.66. The van der Waals surface area contributed by atoms with Crippen LogP contribution >= 0.6 is 11.6 Å². The molecule has 132 valence electrons. The molecule has 0 aliphatic rings. The van der Waals surface area contributed by atoms with Crippen LogP contribution in [0, 0.1) is 0 Å². The van der Waals surface area contributed by atoms with E-state index in [9.17, 15) is 14.4 Å². The molecule has 0 radical (unpaired) electrons. The SMILES string of the molecule is CC(=O)Nc1cccc(NC(=O)Cn2ccc(=O)c3ccc(Cl)cc32)c1. The highest BCUT2D eigenvalue weighted by Gasteiger charge is 2.09. The number of hydrogen-bond acceptors (Lipinski definition) is 3. The molecule has 1 heterocycles. The fourth-order valence-corrected chi connectivity index (χ4v) is 2.82. The van der Waals surface area contributed by atoms with Crippen LogP contribution in [0.25, 0.3) is 10.9 Å². The van der Waals surface area contributed by atoms with Crippen LogP contribution in [-0.4, -0.2) is 16.4 Å². The molecule has 2 aromatic carbocycles. The van der Waals surface area contributed by atoms with E-state index >= 15 is 0 Å². The standard InChI is InChI=1S/C19H16ClN3O3/c1-12(24)21-14-3-2-4-15(10-14)22-19(26)11-23-8-7-18(25)16-6-5-13(20)9-17(16)23/h2-10H,11H2,1H3,(H,21,24)(H,22,26). The van der Waals surface area contributed by atoms with Gasteiger partial charge in [-0.2, -0.15) is 0 Å². The monoisotopic (exact) mass is 369 g/mol. The molecule has 0 atom stereocenters. The molecule has 0 unspecified atom stereocenters. The van der Waals surface area contributed by atoms with Crippen LogP contribution in [0.1, 0.15) is 6.92 Å². The van der Waals surface area contributed by atoms with E-state index in [-0.39, 0.29) is 23.8 Å². The summed E-state index contributed by atoms with van der Waals surface area (Å²) in [5, 5.41) is 6.42. The van der Waals surface area contributed by atoms with Crippen LogP contribution in [0.3, 0.4) is 0 Å². The fourth-order valence-electron chi connectivity index (χ4n) is 2.65. The highest BCUT2D eigenvalue weighted by Crippen LogP contribution is 2.18. The van der Waals surface area contributed by atoms with Crippen molar-refractivity contribution < 1.29 is 9.59 Å². The number of halogens is 1. The Labute approximate surface area is 154 Å². The molecular formula is C19H16ClN3O3. The van der Waals surface area contributed by atoms with Gasteiger partial charge in [-0.15, -0.1) is 0 Å². The van der Waals surface area contributed by atoms with Gasteiger partial charge in [0.25, 0.3) is 0 Å². The number of nitrogens with zero attached hydrogens (tertiary/aromatic N) is 1. The average Bonchev–Trinajstić information content (AvgIpc) is 2.57. The molecule has 0 spiro atoms. The van der Waals surface area contributed by atoms with Gasteiger partial charge in [0.1, 0.15) is 6.54 Å². The Morgan fingerprint density at radius 3 is 2.50 bits per heavy atom. The van der Waals surface area contributed by atoms with E-state index in [1.165, 1.54) is 13.0 Å². The maximum Gasteiger partial charge on any atom is 0.244 e. The van der Waals surface area contributed by atoms with E-state index in [2.05, 4.69) is 10.6 Å². The lowest BCUT2D eigenvalue weighted by Crippen LogP contribution is -2.20. The number of pyridine rings is 1. The number of nitrogens with one attached hydrogen (secondary N) is 2. The molecule has 0 aliphatic heterocycles. The van der Waals surface area contributed by atoms with Crippen LogP contribution in [-0.2, 0) is 16.1 Å². The van der Waals surface area contributed by atoms with Gasteiger partial charge in [0.15, 0.2) is 5.43 Å². The summed E-state index contributed by atoms with van der Waals surface area (Å²) in [5.41, 5.74) is 1.61. The Bertz CT molecular complexity index is 1060. The summed E-state index contributed by atoms with van der Waals surface area (Å²) in [6.07, 6.45) is 1.56. The van der Waals surface area contributed by atoms with E-state index in [1.807, 2.05) is 0 Å². The summed E-state index contributed by atoms with van der Waals surface area (Å²) in [6.45, 7) is 1.43. The third kappa shape index (κ3) is 4.10. The molecule has 2 N–H and O–H groups in total. The van der Waals surface area contributed by atoms with Crippen LogP contribution in [0.5, 0.6) is 0 Å². The summed E-state index contributed by atoms with van der Waals surface area (Å²) in [5.74, 6) is -0.458. The van der Waals surface area contributed by atoms with Gasteiger partial charge in [-0.25, -0.2) is 0 Å². The largest absolute Gasteiger partial charge is 0.338 e. The average molecular weight is 370 g/mol. The lowest BCUT2D eigenvalue weighted by atomic mass is 10.2. The third-order valence-corrected chi connectivity index (χ3v) is 3.96. The highest BCUT2D eigenvalue weighted by molar-refractivity contribution is 6.31. The van der Waals surface area contributed by atoms with Crippen molar-refractivity contribution >= 4 is 45.7 Å². The van der Waals surface area contributed by atoms with E-state index in [0.717, 1.165) is 0 Å². The number of anilines is 2. The zero-order valence-electron chi connectivity index (χ0n) is 14.0. The van der Waals surface area contributed by atoms with Crippen molar-refractivity contribution in [3.8, 4) is 0 Å². The van der Waals surface area contributed by atoms with Gasteiger partial charge in [0.05, 0.1) is 5.52 Å². The summed E-state index contributed by atoms with van der Waals surface area (Å²) in [7, 11) is 0. The van der Waals surface area contributed by atoms with Gasteiger partial charge in [-0.1, -0.05) is 17.7 Å². The van der Waals surface area contributed by atoms with Crippen LogP contribution in [0.4, 0.5) is 11.4 Å². The van der Waals surface area contributed by atoms with Crippen molar-refractivity contribution in [1.29, 1.82) is 0 Å². The Morgan fingerprint density at radius 1 is 1.04 bits per heavy atom. The molecule has 1 aromatic heterocycles. The van der Waals surface area contributed by atoms with Crippen LogP contribution in [0.2, 0.25) is 5.02 Å². The van der Waals surface area contributed by atoms with Crippen molar-refractivity contribution in [2.75, 3.05) is 10.6 Å². The first-order chi connectivity index (χ1) is 12.4. The Hall–Kier alpha value is -3.12. The van der Waals surface area contributed by atoms with E-state index in [4.69, 9.17) is 11.6 Å². The maximum absolute atomic E-state index is 12.4. The van der Waals surface area contributed by atoms with Gasteiger partial charge >= 0.3 is 0 Å². The number of benzene rings is 2. The maximum atomic E-state index is 12.4. The van der Waals surface area contributed by atoms with Crippen molar-refractivity contribution in [3.05, 3.63) is 70.0 Å². The van der Waals surface area contributed by atoms with E-state index in [1.54, 1.807) is 53.2 Å². The molecule has 6 nitrogen and oxygen atoms in total. The lowest BCUT2D eigenvalue weighted by Gasteiger charge is -2.12.